The molecular formula is C26H29F2N3O3. The highest BCUT2D eigenvalue weighted by molar-refractivity contribution is 5.95. The predicted octanol–water partition coefficient (Wildman–Crippen LogP) is 3.67. The van der Waals surface area contributed by atoms with E-state index in [1.165, 1.54) is 42.5 Å². The van der Waals surface area contributed by atoms with Crippen LogP contribution in [0.1, 0.15) is 59.2 Å². The van der Waals surface area contributed by atoms with Gasteiger partial charge in [-0.2, -0.15) is 0 Å². The number of amides is 3. The first-order valence-corrected chi connectivity index (χ1v) is 11.8. The van der Waals surface area contributed by atoms with Crippen molar-refractivity contribution in [2.45, 2.75) is 50.6 Å². The molecule has 2 aromatic carbocycles. The molecule has 2 N–H and O–H groups in total. The molecule has 6 nitrogen and oxygen atoms in total. The lowest BCUT2D eigenvalue weighted by Gasteiger charge is -2.36. The van der Waals surface area contributed by atoms with Gasteiger partial charge in [0.25, 0.3) is 11.8 Å². The Hall–Kier alpha value is -3.29. The quantitative estimate of drug-likeness (QED) is 0.701. The maximum Gasteiger partial charge on any atom is 0.256 e. The van der Waals surface area contributed by atoms with Gasteiger partial charge in [-0.1, -0.05) is 25.0 Å². The lowest BCUT2D eigenvalue weighted by Crippen LogP contribution is -2.55. The molecule has 180 valence electrons. The molecule has 1 aliphatic heterocycles. The third-order valence-electron chi connectivity index (χ3n) is 6.70. The van der Waals surface area contributed by atoms with Crippen LogP contribution in [0.25, 0.3) is 0 Å². The van der Waals surface area contributed by atoms with Gasteiger partial charge in [0.1, 0.15) is 11.6 Å². The number of piperidine rings is 1. The first-order valence-electron chi connectivity index (χ1n) is 11.8. The number of rotatable bonds is 5. The summed E-state index contributed by atoms with van der Waals surface area (Å²) in [5, 5.41) is 6.07. The number of hydrogen-bond acceptors (Lipinski definition) is 3. The smallest absolute Gasteiger partial charge is 0.256 e. The van der Waals surface area contributed by atoms with Gasteiger partial charge in [0, 0.05) is 30.7 Å². The molecule has 4 rings (SSSR count). The summed E-state index contributed by atoms with van der Waals surface area (Å²) in [5.41, 5.74) is 0.381. The first kappa shape index (κ1) is 23.9. The van der Waals surface area contributed by atoms with E-state index < -0.39 is 17.5 Å². The molecule has 8 heteroatoms. The molecule has 0 unspecified atom stereocenters. The largest absolute Gasteiger partial charge is 0.351 e. The van der Waals surface area contributed by atoms with Gasteiger partial charge in [0.15, 0.2) is 0 Å². The van der Waals surface area contributed by atoms with E-state index in [-0.39, 0.29) is 41.9 Å². The zero-order chi connectivity index (χ0) is 24.1. The van der Waals surface area contributed by atoms with Crippen LogP contribution in [0.15, 0.2) is 48.5 Å². The molecule has 3 atom stereocenters. The van der Waals surface area contributed by atoms with Crippen LogP contribution in [0, 0.1) is 17.6 Å². The third-order valence-corrected chi connectivity index (χ3v) is 6.70. The highest BCUT2D eigenvalue weighted by Crippen LogP contribution is 2.23. The molecule has 0 bridgehead atoms. The first-order chi connectivity index (χ1) is 16.4. The van der Waals surface area contributed by atoms with Gasteiger partial charge in [-0.25, -0.2) is 8.78 Å². The van der Waals surface area contributed by atoms with Crippen molar-refractivity contribution < 1.29 is 23.2 Å². The molecule has 34 heavy (non-hydrogen) atoms. The minimum absolute atomic E-state index is 0.0133. The molecule has 0 radical (unpaired) electrons. The number of nitrogens with zero attached hydrogens (tertiary/aromatic N) is 1. The standard InChI is InChI=1S/C26H29F2N3O3/c27-19-13-11-17(12-14-19)24(32)29-22-9-3-4-10-23(22)30-25(33)18-6-5-15-31(16-18)26(34)20-7-1-2-8-21(20)28/h1-2,7-8,11-14,18,22-23H,3-6,9-10,15-16H2,(H,29,32)(H,30,33)/t18-,22-,23-/m1/s1. The van der Waals surface area contributed by atoms with E-state index in [0.717, 1.165) is 25.7 Å². The fourth-order valence-corrected chi connectivity index (χ4v) is 4.81. The Morgan fingerprint density at radius 1 is 0.824 bits per heavy atom. The van der Waals surface area contributed by atoms with Crippen LogP contribution in [0.5, 0.6) is 0 Å². The van der Waals surface area contributed by atoms with E-state index in [4.69, 9.17) is 0 Å². The maximum atomic E-state index is 14.1. The lowest BCUT2D eigenvalue weighted by molar-refractivity contribution is -0.127. The number of hydrogen-bond donors (Lipinski definition) is 2. The van der Waals surface area contributed by atoms with Crippen molar-refractivity contribution in [3.8, 4) is 0 Å². The van der Waals surface area contributed by atoms with Gasteiger partial charge in [-0.3, -0.25) is 14.4 Å². The van der Waals surface area contributed by atoms with Gasteiger partial charge in [-0.15, -0.1) is 0 Å². The second kappa shape index (κ2) is 10.8. The van der Waals surface area contributed by atoms with Crippen molar-refractivity contribution in [2.75, 3.05) is 13.1 Å². The molecule has 1 saturated carbocycles. The Kier molecular flexibility index (Phi) is 7.55. The summed E-state index contributed by atoms with van der Waals surface area (Å²) in [6.07, 6.45) is 4.66. The van der Waals surface area contributed by atoms with Crippen LogP contribution in [0.2, 0.25) is 0 Å². The molecule has 1 saturated heterocycles. The highest BCUT2D eigenvalue weighted by Gasteiger charge is 2.33. The van der Waals surface area contributed by atoms with E-state index in [0.29, 0.717) is 24.9 Å². The van der Waals surface area contributed by atoms with E-state index in [1.54, 1.807) is 11.0 Å². The van der Waals surface area contributed by atoms with E-state index in [9.17, 15) is 23.2 Å². The normalized spacial score (nSPS) is 22.6. The minimum atomic E-state index is -0.569. The molecule has 2 aromatic rings. The average molecular weight is 470 g/mol. The summed E-state index contributed by atoms with van der Waals surface area (Å²) in [4.78, 5) is 40.0. The van der Waals surface area contributed by atoms with Crippen LogP contribution in [-0.4, -0.2) is 47.8 Å². The fraction of sp³-hybridized carbons (Fsp3) is 0.423. The van der Waals surface area contributed by atoms with Gasteiger partial charge >= 0.3 is 0 Å². The maximum absolute atomic E-state index is 14.1. The molecule has 2 fully saturated rings. The summed E-state index contributed by atoms with van der Waals surface area (Å²) in [7, 11) is 0. The Labute approximate surface area is 197 Å². The van der Waals surface area contributed by atoms with Crippen molar-refractivity contribution in [3.63, 3.8) is 0 Å². The number of likely N-dealkylation sites (tertiary alicyclic amines) is 1. The average Bonchev–Trinajstić information content (AvgIpc) is 2.85. The zero-order valence-corrected chi connectivity index (χ0v) is 18.9. The summed E-state index contributed by atoms with van der Waals surface area (Å²) in [5.74, 6) is -2.22. The number of carbonyl (C=O) groups excluding carboxylic acids is 3. The Bertz CT molecular complexity index is 1040. The van der Waals surface area contributed by atoms with Crippen molar-refractivity contribution in [1.82, 2.24) is 15.5 Å². The fourth-order valence-electron chi connectivity index (χ4n) is 4.81. The van der Waals surface area contributed by atoms with Crippen LogP contribution < -0.4 is 10.6 Å². The Balaban J connectivity index is 1.37. The number of halogens is 2. The highest BCUT2D eigenvalue weighted by atomic mass is 19.1. The molecular weight excluding hydrogens is 440 g/mol. The molecule has 1 heterocycles. The summed E-state index contributed by atoms with van der Waals surface area (Å²) >= 11 is 0. The Morgan fingerprint density at radius 2 is 1.50 bits per heavy atom. The van der Waals surface area contributed by atoms with Crippen LogP contribution in [0.3, 0.4) is 0 Å². The van der Waals surface area contributed by atoms with Gasteiger partial charge in [0.05, 0.1) is 11.5 Å². The molecule has 0 aromatic heterocycles. The molecule has 3 amide bonds. The predicted molar refractivity (Wildman–Crippen MR) is 123 cm³/mol. The van der Waals surface area contributed by atoms with Crippen molar-refractivity contribution in [2.24, 2.45) is 5.92 Å². The summed E-state index contributed by atoms with van der Waals surface area (Å²) in [6, 6.07) is 10.8. The second-order valence-electron chi connectivity index (χ2n) is 9.06. The van der Waals surface area contributed by atoms with Crippen LogP contribution in [-0.2, 0) is 4.79 Å². The summed E-state index contributed by atoms with van der Waals surface area (Å²) < 4.78 is 27.2. The minimum Gasteiger partial charge on any atom is -0.351 e. The van der Waals surface area contributed by atoms with E-state index >= 15 is 0 Å². The monoisotopic (exact) mass is 469 g/mol. The molecule has 1 aliphatic carbocycles. The van der Waals surface area contributed by atoms with Crippen molar-refractivity contribution >= 4 is 17.7 Å². The van der Waals surface area contributed by atoms with Gasteiger partial charge in [-0.05, 0) is 62.1 Å². The third kappa shape index (κ3) is 5.61. The summed E-state index contributed by atoms with van der Waals surface area (Å²) in [6.45, 7) is 0.717. The van der Waals surface area contributed by atoms with E-state index in [1.807, 2.05) is 0 Å². The Morgan fingerprint density at radius 3 is 2.21 bits per heavy atom. The van der Waals surface area contributed by atoms with Crippen molar-refractivity contribution in [1.29, 1.82) is 0 Å². The van der Waals surface area contributed by atoms with E-state index in [2.05, 4.69) is 10.6 Å². The van der Waals surface area contributed by atoms with Crippen LogP contribution >= 0.6 is 0 Å². The topological polar surface area (TPSA) is 78.5 Å². The van der Waals surface area contributed by atoms with Crippen molar-refractivity contribution in [3.05, 3.63) is 71.3 Å². The molecule has 0 spiro atoms. The SMILES string of the molecule is O=C(N[C@@H]1CCCC[C@H]1NC(=O)[C@@H]1CCCN(C(=O)c2ccccc2F)C1)c1ccc(F)cc1. The number of nitrogens with one attached hydrogen (secondary N) is 2. The number of benzene rings is 2. The lowest BCUT2D eigenvalue weighted by atomic mass is 9.88. The second-order valence-corrected chi connectivity index (χ2v) is 9.06. The zero-order valence-electron chi connectivity index (χ0n) is 18.9. The number of carbonyl (C=O) groups is 3. The van der Waals surface area contributed by atoms with Gasteiger partial charge in [0.2, 0.25) is 5.91 Å². The van der Waals surface area contributed by atoms with Crippen LogP contribution in [0.4, 0.5) is 8.78 Å². The molecule has 2 aliphatic rings. The van der Waals surface area contributed by atoms with Gasteiger partial charge < -0.3 is 15.5 Å².